The molecule has 6 heteroatoms. The predicted octanol–water partition coefficient (Wildman–Crippen LogP) is 3.53. The lowest BCUT2D eigenvalue weighted by atomic mass is 9.80. The quantitative estimate of drug-likeness (QED) is 0.658. The first kappa shape index (κ1) is 22.0. The van der Waals surface area contributed by atoms with Crippen molar-refractivity contribution in [3.63, 3.8) is 0 Å². The van der Waals surface area contributed by atoms with E-state index in [1.54, 1.807) is 12.1 Å². The molecule has 0 spiro atoms. The van der Waals surface area contributed by atoms with E-state index in [0.717, 1.165) is 12.0 Å². The summed E-state index contributed by atoms with van der Waals surface area (Å²) in [5.74, 6) is 1.16. The predicted molar refractivity (Wildman–Crippen MR) is 116 cm³/mol. The van der Waals surface area contributed by atoms with Gasteiger partial charge in [-0.1, -0.05) is 24.3 Å². The summed E-state index contributed by atoms with van der Waals surface area (Å²) in [6.07, 6.45) is 1.94. The monoisotopic (exact) mass is 413 g/mol. The summed E-state index contributed by atoms with van der Waals surface area (Å²) < 4.78 is 17.1. The molecule has 0 fully saturated rings. The van der Waals surface area contributed by atoms with Gasteiger partial charge in [0.2, 0.25) is 5.75 Å². The molecule has 1 aliphatic carbocycles. The van der Waals surface area contributed by atoms with E-state index in [-0.39, 0.29) is 12.5 Å². The third-order valence-corrected chi connectivity index (χ3v) is 5.25. The maximum absolute atomic E-state index is 12.9. The van der Waals surface area contributed by atoms with E-state index in [9.17, 15) is 9.90 Å². The van der Waals surface area contributed by atoms with Gasteiger partial charge < -0.3 is 24.6 Å². The molecule has 0 heterocycles. The summed E-state index contributed by atoms with van der Waals surface area (Å²) in [5.41, 5.74) is 1.85. The molecular formula is C24H31NO5. The average Bonchev–Trinajstić information content (AvgIpc) is 2.74. The highest BCUT2D eigenvalue weighted by Crippen LogP contribution is 2.39. The van der Waals surface area contributed by atoms with Crippen molar-refractivity contribution >= 4 is 5.91 Å². The SMILES string of the molecule is CCOc1cc(C(=O)NCC2(O)CCc3ccccc3C2)cc(OCC)c1OCC. The number of aryl methyl sites for hydroxylation is 1. The molecule has 2 N–H and O–H groups in total. The minimum Gasteiger partial charge on any atom is -0.490 e. The Morgan fingerprint density at radius 2 is 1.60 bits per heavy atom. The van der Waals surface area contributed by atoms with Gasteiger partial charge in [0.05, 0.1) is 25.4 Å². The summed E-state index contributed by atoms with van der Waals surface area (Å²) in [7, 11) is 0. The molecule has 1 amide bonds. The Labute approximate surface area is 178 Å². The number of amides is 1. The average molecular weight is 414 g/mol. The van der Waals surface area contributed by atoms with Crippen molar-refractivity contribution in [1.29, 1.82) is 0 Å². The molecule has 1 unspecified atom stereocenters. The molecule has 162 valence electrons. The number of benzene rings is 2. The van der Waals surface area contributed by atoms with Crippen molar-refractivity contribution in [3.8, 4) is 17.2 Å². The number of nitrogens with one attached hydrogen (secondary N) is 1. The molecule has 6 nitrogen and oxygen atoms in total. The van der Waals surface area contributed by atoms with Gasteiger partial charge in [0.25, 0.3) is 5.91 Å². The minimum atomic E-state index is -0.958. The van der Waals surface area contributed by atoms with Crippen molar-refractivity contribution in [2.75, 3.05) is 26.4 Å². The summed E-state index contributed by atoms with van der Waals surface area (Å²) in [6, 6.07) is 11.4. The van der Waals surface area contributed by atoms with E-state index in [1.165, 1.54) is 5.56 Å². The third kappa shape index (κ3) is 5.05. The van der Waals surface area contributed by atoms with Crippen LogP contribution in [0.25, 0.3) is 0 Å². The van der Waals surface area contributed by atoms with Crippen LogP contribution < -0.4 is 19.5 Å². The maximum Gasteiger partial charge on any atom is 0.251 e. The summed E-state index contributed by atoms with van der Waals surface area (Å²) in [6.45, 7) is 7.15. The first-order valence-electron chi connectivity index (χ1n) is 10.6. The van der Waals surface area contributed by atoms with Crippen LogP contribution in [0.5, 0.6) is 17.2 Å². The van der Waals surface area contributed by atoms with E-state index in [0.29, 0.717) is 55.5 Å². The van der Waals surface area contributed by atoms with E-state index < -0.39 is 5.60 Å². The van der Waals surface area contributed by atoms with Crippen LogP contribution >= 0.6 is 0 Å². The van der Waals surface area contributed by atoms with Gasteiger partial charge in [-0.15, -0.1) is 0 Å². The van der Waals surface area contributed by atoms with Gasteiger partial charge in [-0.3, -0.25) is 4.79 Å². The van der Waals surface area contributed by atoms with E-state index in [1.807, 2.05) is 39.0 Å². The lowest BCUT2D eigenvalue weighted by Crippen LogP contribution is -2.46. The van der Waals surface area contributed by atoms with E-state index in [2.05, 4.69) is 11.4 Å². The van der Waals surface area contributed by atoms with Crippen LogP contribution in [0.1, 0.15) is 48.7 Å². The van der Waals surface area contributed by atoms with Crippen molar-refractivity contribution in [1.82, 2.24) is 5.32 Å². The van der Waals surface area contributed by atoms with Crippen LogP contribution in [-0.2, 0) is 12.8 Å². The molecule has 0 aliphatic heterocycles. The topological polar surface area (TPSA) is 77.0 Å². The van der Waals surface area contributed by atoms with Crippen LogP contribution in [0.4, 0.5) is 0 Å². The molecule has 0 bridgehead atoms. The number of carbonyl (C=O) groups is 1. The fraction of sp³-hybridized carbons (Fsp3) is 0.458. The van der Waals surface area contributed by atoms with E-state index >= 15 is 0 Å². The zero-order chi connectivity index (χ0) is 21.6. The molecule has 2 aromatic rings. The Balaban J connectivity index is 1.76. The van der Waals surface area contributed by atoms with Crippen LogP contribution in [0.3, 0.4) is 0 Å². The second kappa shape index (κ2) is 9.85. The first-order chi connectivity index (χ1) is 14.5. The van der Waals surface area contributed by atoms with Crippen LogP contribution in [-0.4, -0.2) is 43.0 Å². The Morgan fingerprint density at radius 1 is 1.00 bits per heavy atom. The highest BCUT2D eigenvalue weighted by molar-refractivity contribution is 5.95. The van der Waals surface area contributed by atoms with Gasteiger partial charge in [0, 0.05) is 18.5 Å². The van der Waals surface area contributed by atoms with Gasteiger partial charge in [-0.25, -0.2) is 0 Å². The molecule has 0 saturated heterocycles. The number of hydrogen-bond donors (Lipinski definition) is 2. The fourth-order valence-electron chi connectivity index (χ4n) is 3.80. The van der Waals surface area contributed by atoms with Gasteiger partial charge in [-0.05, 0) is 56.9 Å². The number of hydrogen-bond acceptors (Lipinski definition) is 5. The van der Waals surface area contributed by atoms with E-state index in [4.69, 9.17) is 14.2 Å². The Morgan fingerprint density at radius 3 is 2.20 bits per heavy atom. The maximum atomic E-state index is 12.9. The Kier molecular flexibility index (Phi) is 7.21. The number of carbonyl (C=O) groups excluding carboxylic acids is 1. The smallest absolute Gasteiger partial charge is 0.251 e. The molecule has 1 atom stereocenters. The molecule has 3 rings (SSSR count). The second-order valence-electron chi connectivity index (χ2n) is 7.45. The van der Waals surface area contributed by atoms with Crippen molar-refractivity contribution in [3.05, 3.63) is 53.1 Å². The number of aliphatic hydroxyl groups is 1. The van der Waals surface area contributed by atoms with Crippen molar-refractivity contribution in [2.45, 2.75) is 45.6 Å². The van der Waals surface area contributed by atoms with Gasteiger partial charge in [-0.2, -0.15) is 0 Å². The summed E-state index contributed by atoms with van der Waals surface area (Å²) in [5, 5.41) is 13.9. The van der Waals surface area contributed by atoms with Crippen LogP contribution in [0, 0.1) is 0 Å². The molecule has 0 aromatic heterocycles. The highest BCUT2D eigenvalue weighted by atomic mass is 16.5. The highest BCUT2D eigenvalue weighted by Gasteiger charge is 2.32. The lowest BCUT2D eigenvalue weighted by Gasteiger charge is -2.33. The summed E-state index contributed by atoms with van der Waals surface area (Å²) >= 11 is 0. The third-order valence-electron chi connectivity index (χ3n) is 5.25. The lowest BCUT2D eigenvalue weighted by molar-refractivity contribution is 0.0260. The molecule has 0 saturated carbocycles. The van der Waals surface area contributed by atoms with Crippen molar-refractivity contribution < 1.29 is 24.1 Å². The van der Waals surface area contributed by atoms with Crippen LogP contribution in [0.15, 0.2) is 36.4 Å². The number of fused-ring (bicyclic) bond motifs is 1. The minimum absolute atomic E-state index is 0.182. The molecule has 0 radical (unpaired) electrons. The van der Waals surface area contributed by atoms with Gasteiger partial charge in [0.1, 0.15) is 0 Å². The largest absolute Gasteiger partial charge is 0.490 e. The Bertz CT molecular complexity index is 855. The number of ether oxygens (including phenoxy) is 3. The molecule has 2 aromatic carbocycles. The van der Waals surface area contributed by atoms with Gasteiger partial charge >= 0.3 is 0 Å². The summed E-state index contributed by atoms with van der Waals surface area (Å²) in [4.78, 5) is 12.9. The first-order valence-corrected chi connectivity index (χ1v) is 10.6. The number of rotatable bonds is 9. The van der Waals surface area contributed by atoms with Crippen molar-refractivity contribution in [2.24, 2.45) is 0 Å². The fourth-order valence-corrected chi connectivity index (χ4v) is 3.80. The normalized spacial score (nSPS) is 17.7. The second-order valence-corrected chi connectivity index (χ2v) is 7.45. The standard InChI is InChI=1S/C24H31NO5/c1-4-28-20-13-19(14-21(29-5-2)22(20)30-6-3)23(26)25-16-24(27)12-11-17-9-7-8-10-18(17)15-24/h7-10,13-14,27H,4-6,11-12,15-16H2,1-3H3,(H,25,26). The zero-order valence-corrected chi connectivity index (χ0v) is 18.0. The van der Waals surface area contributed by atoms with Crippen LogP contribution in [0.2, 0.25) is 0 Å². The molecule has 30 heavy (non-hydrogen) atoms. The zero-order valence-electron chi connectivity index (χ0n) is 18.0. The van der Waals surface area contributed by atoms with Gasteiger partial charge in [0.15, 0.2) is 11.5 Å². The Hall–Kier alpha value is -2.73. The molecular weight excluding hydrogens is 382 g/mol. The molecule has 1 aliphatic rings.